The summed E-state index contributed by atoms with van der Waals surface area (Å²) < 4.78 is 0. The molecule has 1 rings (SSSR count). The van der Waals surface area contributed by atoms with Crippen LogP contribution in [-0.4, -0.2) is 42.4 Å². The van der Waals surface area contributed by atoms with E-state index < -0.39 is 11.9 Å². The highest BCUT2D eigenvalue weighted by Gasteiger charge is 2.12. The molecule has 0 amide bonds. The van der Waals surface area contributed by atoms with Gasteiger partial charge in [-0.1, -0.05) is 24.3 Å². The summed E-state index contributed by atoms with van der Waals surface area (Å²) in [6.45, 7) is 2.79. The second-order valence-corrected chi connectivity index (χ2v) is 5.76. The van der Waals surface area contributed by atoms with E-state index >= 15 is 0 Å². The highest BCUT2D eigenvalue weighted by molar-refractivity contribution is 7.98. The molecule has 0 aliphatic rings. The van der Waals surface area contributed by atoms with Crippen LogP contribution in [0.5, 0.6) is 0 Å². The van der Waals surface area contributed by atoms with Gasteiger partial charge in [-0.2, -0.15) is 11.8 Å². The van der Waals surface area contributed by atoms with E-state index in [1.165, 1.54) is 5.56 Å². The van der Waals surface area contributed by atoms with Crippen molar-refractivity contribution in [2.45, 2.75) is 18.6 Å². The summed E-state index contributed by atoms with van der Waals surface area (Å²) in [6.07, 6.45) is 0. The van der Waals surface area contributed by atoms with Crippen molar-refractivity contribution in [2.24, 2.45) is 0 Å². The number of benzene rings is 1. The van der Waals surface area contributed by atoms with Crippen molar-refractivity contribution in [1.82, 2.24) is 4.90 Å². The normalized spacial score (nSPS) is 12.7. The van der Waals surface area contributed by atoms with Gasteiger partial charge in [-0.05, 0) is 32.1 Å². The first-order valence-electron chi connectivity index (χ1n) is 6.05. The molecule has 1 atom stereocenters. The molecule has 4 heteroatoms. The van der Waals surface area contributed by atoms with Gasteiger partial charge in [0.25, 0.3) is 0 Å². The summed E-state index contributed by atoms with van der Waals surface area (Å²) in [5, 5.41) is 8.92. The number of rotatable bonds is 7. The number of carboxylic acids is 1. The lowest BCUT2D eigenvalue weighted by molar-refractivity contribution is -0.138. The van der Waals surface area contributed by atoms with Gasteiger partial charge in [0.2, 0.25) is 0 Å². The second-order valence-electron chi connectivity index (χ2n) is 4.66. The summed E-state index contributed by atoms with van der Waals surface area (Å²) in [6, 6.07) is 7.89. The zero-order valence-electron chi connectivity index (χ0n) is 11.2. The van der Waals surface area contributed by atoms with E-state index in [4.69, 9.17) is 5.11 Å². The van der Waals surface area contributed by atoms with Crippen molar-refractivity contribution >= 4 is 17.7 Å². The minimum Gasteiger partial charge on any atom is -0.481 e. The third-order valence-electron chi connectivity index (χ3n) is 2.80. The molecule has 1 N–H and O–H groups in total. The lowest BCUT2D eigenvalue weighted by Gasteiger charge is -2.10. The zero-order chi connectivity index (χ0) is 13.5. The molecular formula is C14H21NO2S. The van der Waals surface area contributed by atoms with Crippen LogP contribution in [-0.2, 0) is 10.5 Å². The Morgan fingerprint density at radius 1 is 1.33 bits per heavy atom. The van der Waals surface area contributed by atoms with Gasteiger partial charge in [0.15, 0.2) is 0 Å². The first kappa shape index (κ1) is 15.1. The van der Waals surface area contributed by atoms with Crippen LogP contribution in [0.25, 0.3) is 0 Å². The van der Waals surface area contributed by atoms with Crippen molar-refractivity contribution in [1.29, 1.82) is 0 Å². The van der Waals surface area contributed by atoms with Gasteiger partial charge in [-0.15, -0.1) is 0 Å². The molecule has 1 aromatic carbocycles. The summed E-state index contributed by atoms with van der Waals surface area (Å²) in [7, 11) is 4.14. The van der Waals surface area contributed by atoms with Gasteiger partial charge in [0.05, 0.1) is 5.92 Å². The minimum atomic E-state index is -0.775. The smallest absolute Gasteiger partial charge is 0.310 e. The molecule has 18 heavy (non-hydrogen) atoms. The van der Waals surface area contributed by atoms with Crippen molar-refractivity contribution < 1.29 is 9.90 Å². The first-order valence-corrected chi connectivity index (χ1v) is 7.20. The van der Waals surface area contributed by atoms with E-state index in [1.54, 1.807) is 6.92 Å². The Labute approximate surface area is 113 Å². The SMILES string of the molecule is CC(C(=O)O)c1ccc(CSCCN(C)C)cc1. The number of carboxylic acid groups (broad SMARTS) is 1. The van der Waals surface area contributed by atoms with E-state index in [0.717, 1.165) is 23.6 Å². The maximum Gasteiger partial charge on any atom is 0.310 e. The third-order valence-corrected chi connectivity index (χ3v) is 3.81. The van der Waals surface area contributed by atoms with Gasteiger partial charge in [0.1, 0.15) is 0 Å². The molecule has 0 fully saturated rings. The average molecular weight is 267 g/mol. The second kappa shape index (κ2) is 7.44. The van der Waals surface area contributed by atoms with Gasteiger partial charge in [-0.3, -0.25) is 4.79 Å². The Morgan fingerprint density at radius 2 is 1.94 bits per heavy atom. The molecule has 0 saturated heterocycles. The standard InChI is InChI=1S/C14H21NO2S/c1-11(14(16)17)13-6-4-12(5-7-13)10-18-9-8-15(2)3/h4-7,11H,8-10H2,1-3H3,(H,16,17). The molecule has 1 aromatic rings. The van der Waals surface area contributed by atoms with Gasteiger partial charge in [-0.25, -0.2) is 0 Å². The van der Waals surface area contributed by atoms with E-state index in [2.05, 4.69) is 19.0 Å². The molecule has 0 aromatic heterocycles. The van der Waals surface area contributed by atoms with Crippen molar-refractivity contribution in [3.8, 4) is 0 Å². The van der Waals surface area contributed by atoms with E-state index in [1.807, 2.05) is 36.0 Å². The number of hydrogen-bond acceptors (Lipinski definition) is 3. The molecule has 0 heterocycles. The van der Waals surface area contributed by atoms with E-state index in [-0.39, 0.29) is 0 Å². The Hall–Kier alpha value is -1.00. The molecular weight excluding hydrogens is 246 g/mol. The first-order chi connectivity index (χ1) is 8.50. The molecule has 1 unspecified atom stereocenters. The highest BCUT2D eigenvalue weighted by Crippen LogP contribution is 2.18. The van der Waals surface area contributed by atoms with Crippen LogP contribution in [0.3, 0.4) is 0 Å². The van der Waals surface area contributed by atoms with Crippen LogP contribution in [0.4, 0.5) is 0 Å². The van der Waals surface area contributed by atoms with Gasteiger partial charge < -0.3 is 10.0 Å². The molecule has 0 radical (unpaired) electrons. The molecule has 0 aliphatic carbocycles. The Kier molecular flexibility index (Phi) is 6.22. The molecule has 0 bridgehead atoms. The Balaban J connectivity index is 2.43. The Bertz CT molecular complexity index is 376. The topological polar surface area (TPSA) is 40.5 Å². The van der Waals surface area contributed by atoms with Crippen LogP contribution < -0.4 is 0 Å². The van der Waals surface area contributed by atoms with Crippen LogP contribution in [0, 0.1) is 0 Å². The zero-order valence-corrected chi connectivity index (χ0v) is 12.0. The number of hydrogen-bond donors (Lipinski definition) is 1. The summed E-state index contributed by atoms with van der Waals surface area (Å²) >= 11 is 1.90. The van der Waals surface area contributed by atoms with Gasteiger partial charge in [0, 0.05) is 18.1 Å². The molecule has 3 nitrogen and oxygen atoms in total. The predicted octanol–water partition coefficient (Wildman–Crippen LogP) is 2.67. The maximum atomic E-state index is 10.9. The van der Waals surface area contributed by atoms with Crippen molar-refractivity contribution in [2.75, 3.05) is 26.4 Å². The largest absolute Gasteiger partial charge is 0.481 e. The van der Waals surface area contributed by atoms with Crippen LogP contribution in [0.2, 0.25) is 0 Å². The monoisotopic (exact) mass is 267 g/mol. The van der Waals surface area contributed by atoms with Gasteiger partial charge >= 0.3 is 5.97 Å². The molecule has 0 aliphatic heterocycles. The number of aliphatic carboxylic acids is 1. The van der Waals surface area contributed by atoms with Crippen molar-refractivity contribution in [3.05, 3.63) is 35.4 Å². The fourth-order valence-electron chi connectivity index (χ4n) is 1.48. The van der Waals surface area contributed by atoms with Crippen LogP contribution in [0.15, 0.2) is 24.3 Å². The quantitative estimate of drug-likeness (QED) is 0.771. The van der Waals surface area contributed by atoms with Crippen LogP contribution in [0.1, 0.15) is 24.0 Å². The summed E-state index contributed by atoms with van der Waals surface area (Å²) in [5.74, 6) is 0.888. The molecule has 0 saturated carbocycles. The highest BCUT2D eigenvalue weighted by atomic mass is 32.2. The molecule has 0 spiro atoms. The lowest BCUT2D eigenvalue weighted by atomic mass is 10.0. The summed E-state index contributed by atoms with van der Waals surface area (Å²) in [4.78, 5) is 13.0. The fraction of sp³-hybridized carbons (Fsp3) is 0.500. The minimum absolute atomic E-state index is 0.430. The molecule has 100 valence electrons. The maximum absolute atomic E-state index is 10.9. The fourth-order valence-corrected chi connectivity index (χ4v) is 2.55. The number of carbonyl (C=O) groups is 1. The lowest BCUT2D eigenvalue weighted by Crippen LogP contribution is -2.14. The predicted molar refractivity (Wildman–Crippen MR) is 77.2 cm³/mol. The summed E-state index contributed by atoms with van der Waals surface area (Å²) in [5.41, 5.74) is 2.12. The van der Waals surface area contributed by atoms with E-state index in [0.29, 0.717) is 0 Å². The Morgan fingerprint density at radius 3 is 2.44 bits per heavy atom. The number of nitrogens with zero attached hydrogens (tertiary/aromatic N) is 1. The van der Waals surface area contributed by atoms with Crippen molar-refractivity contribution in [3.63, 3.8) is 0 Å². The number of thioether (sulfide) groups is 1. The van der Waals surface area contributed by atoms with Crippen LogP contribution >= 0.6 is 11.8 Å². The third kappa shape index (κ3) is 5.10. The van der Waals surface area contributed by atoms with E-state index in [9.17, 15) is 4.79 Å². The average Bonchev–Trinajstić information content (AvgIpc) is 2.34.